The highest BCUT2D eigenvalue weighted by Crippen LogP contribution is 2.30. The molecule has 7 nitrogen and oxygen atoms in total. The molecule has 1 N–H and O–H groups in total. The topological polar surface area (TPSA) is 72.0 Å². The van der Waals surface area contributed by atoms with Crippen LogP contribution in [-0.2, 0) is 6.42 Å². The maximum Gasteiger partial charge on any atom is 0.291 e. The monoisotopic (exact) mass is 484 g/mol. The first kappa shape index (κ1) is 24.9. The van der Waals surface area contributed by atoms with Gasteiger partial charge in [-0.3, -0.25) is 0 Å². The third-order valence-electron chi connectivity index (χ3n) is 6.54. The molecule has 10 heteroatoms. The Labute approximate surface area is 199 Å². The maximum atomic E-state index is 14.6. The molecule has 2 aliphatic heterocycles. The standard InChI is InChI=1S/C22H29FN6O.2ClH/c1-2-4-19-17-5-3-6-18(23)20(17)29(26-19)22-25-21(30-27-22)15-9-13-28(14-10-15)16-7-11-24-12-8-16;;/h3,5-6,15-16,24H,2,4,7-14H2,1H3;2*1H. The summed E-state index contributed by atoms with van der Waals surface area (Å²) in [6, 6.07) is 5.78. The second-order valence-electron chi connectivity index (χ2n) is 8.47. The summed E-state index contributed by atoms with van der Waals surface area (Å²) >= 11 is 0. The highest BCUT2D eigenvalue weighted by molar-refractivity contribution is 5.85. The molecule has 3 aromatic rings. The molecular formula is C22H31Cl2FN6O. The van der Waals surface area contributed by atoms with E-state index in [-0.39, 0.29) is 36.5 Å². The number of nitrogens with one attached hydrogen (secondary N) is 1. The van der Waals surface area contributed by atoms with Crippen molar-refractivity contribution in [2.24, 2.45) is 0 Å². The van der Waals surface area contributed by atoms with E-state index in [1.807, 2.05) is 6.07 Å². The lowest BCUT2D eigenvalue weighted by atomic mass is 9.94. The number of rotatable bonds is 5. The summed E-state index contributed by atoms with van der Waals surface area (Å²) in [5.74, 6) is 0.908. The SMILES string of the molecule is CCCc1nn(-c2noc(C3CCN(C4CCNCC4)CC3)n2)c2c(F)cccc12.Cl.Cl. The quantitative estimate of drug-likeness (QED) is 0.582. The minimum atomic E-state index is -0.316. The molecule has 0 amide bonds. The Kier molecular flexibility index (Phi) is 8.49. The van der Waals surface area contributed by atoms with E-state index < -0.39 is 0 Å². The zero-order chi connectivity index (χ0) is 20.5. The summed E-state index contributed by atoms with van der Waals surface area (Å²) in [6.07, 6.45) is 6.21. The summed E-state index contributed by atoms with van der Waals surface area (Å²) in [4.78, 5) is 7.25. The molecule has 2 fully saturated rings. The average molecular weight is 485 g/mol. The normalized spacial score (nSPS) is 18.4. The van der Waals surface area contributed by atoms with Gasteiger partial charge in [-0.05, 0) is 69.5 Å². The average Bonchev–Trinajstić information content (AvgIpc) is 3.41. The molecule has 5 rings (SSSR count). The molecule has 2 saturated heterocycles. The molecule has 1 aromatic carbocycles. The van der Waals surface area contributed by atoms with Gasteiger partial charge in [0.05, 0.1) is 5.69 Å². The van der Waals surface area contributed by atoms with E-state index in [1.165, 1.54) is 23.6 Å². The van der Waals surface area contributed by atoms with Crippen molar-refractivity contribution < 1.29 is 8.91 Å². The van der Waals surface area contributed by atoms with E-state index in [4.69, 9.17) is 4.52 Å². The van der Waals surface area contributed by atoms with E-state index in [9.17, 15) is 4.39 Å². The van der Waals surface area contributed by atoms with Crippen molar-refractivity contribution in [1.82, 2.24) is 30.1 Å². The fraction of sp³-hybridized carbons (Fsp3) is 0.591. The lowest BCUT2D eigenvalue weighted by Crippen LogP contribution is -2.46. The molecule has 32 heavy (non-hydrogen) atoms. The summed E-state index contributed by atoms with van der Waals surface area (Å²) in [5.41, 5.74) is 1.29. The van der Waals surface area contributed by atoms with E-state index in [0.717, 1.165) is 62.9 Å². The number of nitrogens with zero attached hydrogens (tertiary/aromatic N) is 5. The van der Waals surface area contributed by atoms with Gasteiger partial charge < -0.3 is 14.7 Å². The maximum absolute atomic E-state index is 14.6. The molecule has 4 heterocycles. The van der Waals surface area contributed by atoms with Gasteiger partial charge in [-0.1, -0.05) is 25.5 Å². The van der Waals surface area contributed by atoms with Crippen molar-refractivity contribution in [3.8, 4) is 5.95 Å². The lowest BCUT2D eigenvalue weighted by Gasteiger charge is -2.38. The van der Waals surface area contributed by atoms with Crippen molar-refractivity contribution in [1.29, 1.82) is 0 Å². The van der Waals surface area contributed by atoms with E-state index in [2.05, 4.69) is 32.4 Å². The van der Waals surface area contributed by atoms with Crippen molar-refractivity contribution in [2.45, 2.75) is 57.4 Å². The Morgan fingerprint density at radius 3 is 2.59 bits per heavy atom. The number of piperidine rings is 2. The highest BCUT2D eigenvalue weighted by Gasteiger charge is 2.30. The van der Waals surface area contributed by atoms with Gasteiger partial charge in [-0.15, -0.1) is 24.8 Å². The summed E-state index contributed by atoms with van der Waals surface area (Å²) in [7, 11) is 0. The second kappa shape index (κ2) is 10.9. The third-order valence-corrected chi connectivity index (χ3v) is 6.54. The Balaban J connectivity index is 0.00000144. The first-order chi connectivity index (χ1) is 14.7. The van der Waals surface area contributed by atoms with Crippen molar-refractivity contribution in [3.05, 3.63) is 35.6 Å². The zero-order valence-corrected chi connectivity index (χ0v) is 19.9. The highest BCUT2D eigenvalue weighted by atomic mass is 35.5. The van der Waals surface area contributed by atoms with Crippen LogP contribution in [0.5, 0.6) is 0 Å². The molecule has 176 valence electrons. The van der Waals surface area contributed by atoms with E-state index >= 15 is 0 Å². The number of likely N-dealkylation sites (tertiary alicyclic amines) is 1. The van der Waals surface area contributed by atoms with E-state index in [1.54, 1.807) is 6.07 Å². The Hall–Kier alpha value is -1.74. The number of halogens is 3. The minimum absolute atomic E-state index is 0. The predicted octanol–water partition coefficient (Wildman–Crippen LogP) is 4.28. The third kappa shape index (κ3) is 4.78. The molecular weight excluding hydrogens is 454 g/mol. The fourth-order valence-electron chi connectivity index (χ4n) is 4.92. The van der Waals surface area contributed by atoms with Crippen molar-refractivity contribution >= 4 is 35.7 Å². The number of hydrogen-bond donors (Lipinski definition) is 1. The summed E-state index contributed by atoms with van der Waals surface area (Å²) in [6.45, 7) is 6.45. The predicted molar refractivity (Wildman–Crippen MR) is 127 cm³/mol. The van der Waals surface area contributed by atoms with Crippen LogP contribution in [0.15, 0.2) is 22.7 Å². The van der Waals surface area contributed by atoms with Crippen LogP contribution in [0.1, 0.15) is 56.5 Å². The number of benzene rings is 1. The van der Waals surface area contributed by atoms with Crippen LogP contribution in [0, 0.1) is 5.82 Å². The molecule has 0 spiro atoms. The van der Waals surface area contributed by atoms with Gasteiger partial charge in [0, 0.05) is 17.3 Å². The molecule has 0 radical (unpaired) electrons. The number of aryl methyl sites for hydroxylation is 1. The Bertz CT molecular complexity index is 1010. The fourth-order valence-corrected chi connectivity index (χ4v) is 4.92. The first-order valence-electron chi connectivity index (χ1n) is 11.2. The first-order valence-corrected chi connectivity index (χ1v) is 11.2. The number of fused-ring (bicyclic) bond motifs is 1. The van der Waals surface area contributed by atoms with Gasteiger partial charge in [-0.2, -0.15) is 14.8 Å². The second-order valence-corrected chi connectivity index (χ2v) is 8.47. The number of hydrogen-bond acceptors (Lipinski definition) is 6. The number of aromatic nitrogens is 4. The summed E-state index contributed by atoms with van der Waals surface area (Å²) < 4.78 is 21.7. The zero-order valence-electron chi connectivity index (χ0n) is 18.3. The molecule has 0 atom stereocenters. The molecule has 0 bridgehead atoms. The van der Waals surface area contributed by atoms with E-state index in [0.29, 0.717) is 23.4 Å². The molecule has 0 unspecified atom stereocenters. The van der Waals surface area contributed by atoms with Crippen molar-refractivity contribution in [3.63, 3.8) is 0 Å². The van der Waals surface area contributed by atoms with Crippen LogP contribution in [0.25, 0.3) is 16.9 Å². The Morgan fingerprint density at radius 2 is 1.88 bits per heavy atom. The molecule has 0 aliphatic carbocycles. The van der Waals surface area contributed by atoms with Gasteiger partial charge in [0.15, 0.2) is 0 Å². The molecule has 0 saturated carbocycles. The largest absolute Gasteiger partial charge is 0.337 e. The van der Waals surface area contributed by atoms with Gasteiger partial charge in [-0.25, -0.2) is 4.39 Å². The van der Waals surface area contributed by atoms with Crippen LogP contribution in [-0.4, -0.2) is 57.0 Å². The lowest BCUT2D eigenvalue weighted by molar-refractivity contribution is 0.120. The van der Waals surface area contributed by atoms with Crippen LogP contribution in [0.2, 0.25) is 0 Å². The molecule has 2 aliphatic rings. The summed E-state index contributed by atoms with van der Waals surface area (Å²) in [5, 5.41) is 13.0. The van der Waals surface area contributed by atoms with Gasteiger partial charge in [0.1, 0.15) is 11.3 Å². The van der Waals surface area contributed by atoms with Crippen LogP contribution in [0.4, 0.5) is 4.39 Å². The van der Waals surface area contributed by atoms with Gasteiger partial charge in [0.2, 0.25) is 5.89 Å². The van der Waals surface area contributed by atoms with Crippen LogP contribution >= 0.6 is 24.8 Å². The van der Waals surface area contributed by atoms with Gasteiger partial charge in [0.25, 0.3) is 5.95 Å². The number of para-hydroxylation sites is 1. The van der Waals surface area contributed by atoms with Crippen molar-refractivity contribution in [2.75, 3.05) is 26.2 Å². The Morgan fingerprint density at radius 1 is 1.12 bits per heavy atom. The molecule has 2 aromatic heterocycles. The smallest absolute Gasteiger partial charge is 0.291 e. The minimum Gasteiger partial charge on any atom is -0.337 e. The van der Waals surface area contributed by atoms with Crippen LogP contribution < -0.4 is 5.32 Å². The van der Waals surface area contributed by atoms with Gasteiger partial charge >= 0.3 is 0 Å². The van der Waals surface area contributed by atoms with Crippen LogP contribution in [0.3, 0.4) is 0 Å².